The summed E-state index contributed by atoms with van der Waals surface area (Å²) in [5, 5.41) is 0. The number of likely N-dealkylation sites (tertiary alicyclic amines) is 2. The quantitative estimate of drug-likeness (QED) is 0.841. The van der Waals surface area contributed by atoms with Gasteiger partial charge in [0.1, 0.15) is 5.54 Å². The second-order valence-electron chi connectivity index (χ2n) is 6.67. The van der Waals surface area contributed by atoms with Crippen molar-refractivity contribution in [3.05, 3.63) is 29.6 Å². The molecule has 0 radical (unpaired) electrons. The van der Waals surface area contributed by atoms with Gasteiger partial charge in [0.05, 0.1) is 12.2 Å². The summed E-state index contributed by atoms with van der Waals surface area (Å²) in [6, 6.07) is 3.64. The third-order valence-electron chi connectivity index (χ3n) is 5.16. The van der Waals surface area contributed by atoms with E-state index >= 15 is 0 Å². The molecule has 2 amide bonds. The topological polar surface area (TPSA) is 62.7 Å². The van der Waals surface area contributed by atoms with Crippen molar-refractivity contribution in [1.29, 1.82) is 0 Å². The van der Waals surface area contributed by atoms with E-state index in [1.165, 1.54) is 0 Å². The third kappa shape index (κ3) is 2.90. The van der Waals surface area contributed by atoms with Gasteiger partial charge in [-0.25, -0.2) is 0 Å². The number of ether oxygens (including phenoxy) is 1. The monoisotopic (exact) mass is 331 g/mol. The molecule has 2 fully saturated rings. The van der Waals surface area contributed by atoms with Gasteiger partial charge in [0.2, 0.25) is 5.91 Å². The largest absolute Gasteiger partial charge is 0.383 e. The van der Waals surface area contributed by atoms with Crippen LogP contribution in [0.1, 0.15) is 41.7 Å². The fourth-order valence-corrected chi connectivity index (χ4v) is 3.89. The predicted octanol–water partition coefficient (Wildman–Crippen LogP) is 1.63. The Morgan fingerprint density at radius 3 is 2.71 bits per heavy atom. The van der Waals surface area contributed by atoms with Gasteiger partial charge in [-0.05, 0) is 44.7 Å². The van der Waals surface area contributed by atoms with Gasteiger partial charge in [0.25, 0.3) is 5.91 Å². The van der Waals surface area contributed by atoms with E-state index in [2.05, 4.69) is 4.98 Å². The highest BCUT2D eigenvalue weighted by Crippen LogP contribution is 2.39. The van der Waals surface area contributed by atoms with E-state index in [1.807, 2.05) is 17.9 Å². The minimum absolute atomic E-state index is 0.0803. The van der Waals surface area contributed by atoms with Gasteiger partial charge in [-0.2, -0.15) is 0 Å². The number of carbonyl (C=O) groups is 2. The van der Waals surface area contributed by atoms with Crippen molar-refractivity contribution in [2.45, 2.75) is 38.1 Å². The Morgan fingerprint density at radius 2 is 2.04 bits per heavy atom. The van der Waals surface area contributed by atoms with E-state index in [-0.39, 0.29) is 11.8 Å². The minimum Gasteiger partial charge on any atom is -0.383 e. The molecule has 1 aromatic rings. The molecule has 1 spiro atoms. The van der Waals surface area contributed by atoms with E-state index in [0.717, 1.165) is 37.9 Å². The SMILES string of the molecule is COCCN1CCCC2(CCCN2C(=O)c2ccc(C)nc2)C1=O. The lowest BCUT2D eigenvalue weighted by molar-refractivity contribution is -0.146. The highest BCUT2D eigenvalue weighted by molar-refractivity contribution is 5.99. The minimum atomic E-state index is -0.673. The molecule has 0 bridgehead atoms. The van der Waals surface area contributed by atoms with Crippen LogP contribution in [-0.2, 0) is 9.53 Å². The van der Waals surface area contributed by atoms with Gasteiger partial charge >= 0.3 is 0 Å². The number of hydrogen-bond donors (Lipinski definition) is 0. The Hall–Kier alpha value is -1.95. The summed E-state index contributed by atoms with van der Waals surface area (Å²) in [5.74, 6) is -0.00124. The molecule has 6 heteroatoms. The number of pyridine rings is 1. The first kappa shape index (κ1) is 16.9. The van der Waals surface area contributed by atoms with Crippen LogP contribution >= 0.6 is 0 Å². The highest BCUT2D eigenvalue weighted by atomic mass is 16.5. The Balaban J connectivity index is 1.84. The summed E-state index contributed by atoms with van der Waals surface area (Å²) in [6.07, 6.45) is 4.90. The third-order valence-corrected chi connectivity index (χ3v) is 5.16. The lowest BCUT2D eigenvalue weighted by atomic mass is 9.85. The number of piperidine rings is 1. The zero-order valence-corrected chi connectivity index (χ0v) is 14.5. The van der Waals surface area contributed by atoms with E-state index in [0.29, 0.717) is 25.3 Å². The van der Waals surface area contributed by atoms with Crippen LogP contribution in [0.25, 0.3) is 0 Å². The molecule has 24 heavy (non-hydrogen) atoms. The zero-order valence-electron chi connectivity index (χ0n) is 14.5. The van der Waals surface area contributed by atoms with Crippen LogP contribution in [0.4, 0.5) is 0 Å². The average molecular weight is 331 g/mol. The van der Waals surface area contributed by atoms with Gasteiger partial charge in [0, 0.05) is 38.6 Å². The predicted molar refractivity (Wildman–Crippen MR) is 89.7 cm³/mol. The van der Waals surface area contributed by atoms with Crippen molar-refractivity contribution in [2.75, 3.05) is 33.4 Å². The number of nitrogens with zero attached hydrogens (tertiary/aromatic N) is 3. The van der Waals surface area contributed by atoms with Gasteiger partial charge in [-0.3, -0.25) is 14.6 Å². The summed E-state index contributed by atoms with van der Waals surface area (Å²) < 4.78 is 5.12. The van der Waals surface area contributed by atoms with Crippen LogP contribution in [0.5, 0.6) is 0 Å². The molecule has 1 atom stereocenters. The fraction of sp³-hybridized carbons (Fsp3) is 0.611. The molecule has 1 unspecified atom stereocenters. The average Bonchev–Trinajstić information content (AvgIpc) is 3.01. The summed E-state index contributed by atoms with van der Waals surface area (Å²) in [7, 11) is 1.64. The van der Waals surface area contributed by atoms with Crippen molar-refractivity contribution in [2.24, 2.45) is 0 Å². The Morgan fingerprint density at radius 1 is 1.29 bits per heavy atom. The molecule has 1 aromatic heterocycles. The van der Waals surface area contributed by atoms with Gasteiger partial charge in [-0.1, -0.05) is 0 Å². The van der Waals surface area contributed by atoms with Gasteiger partial charge in [-0.15, -0.1) is 0 Å². The molecule has 6 nitrogen and oxygen atoms in total. The van der Waals surface area contributed by atoms with Crippen molar-refractivity contribution in [1.82, 2.24) is 14.8 Å². The second-order valence-corrected chi connectivity index (χ2v) is 6.67. The molecule has 3 rings (SSSR count). The Bertz CT molecular complexity index is 616. The van der Waals surface area contributed by atoms with Crippen LogP contribution in [0.3, 0.4) is 0 Å². The molecule has 2 aliphatic rings. The van der Waals surface area contributed by atoms with E-state index < -0.39 is 5.54 Å². The van der Waals surface area contributed by atoms with Crippen molar-refractivity contribution in [3.63, 3.8) is 0 Å². The van der Waals surface area contributed by atoms with Crippen molar-refractivity contribution >= 4 is 11.8 Å². The molecule has 2 aliphatic heterocycles. The number of aromatic nitrogens is 1. The standard InChI is InChI=1S/C18H25N3O3/c1-14-5-6-15(13-19-14)16(22)21-10-4-8-18(21)7-3-9-20(17(18)23)11-12-24-2/h5-6,13H,3-4,7-12H2,1-2H3. The van der Waals surface area contributed by atoms with Crippen molar-refractivity contribution in [3.8, 4) is 0 Å². The summed E-state index contributed by atoms with van der Waals surface area (Å²) in [5.41, 5.74) is 0.763. The molecule has 3 heterocycles. The number of carbonyl (C=O) groups excluding carboxylic acids is 2. The van der Waals surface area contributed by atoms with Crippen LogP contribution in [-0.4, -0.2) is 65.5 Å². The fourth-order valence-electron chi connectivity index (χ4n) is 3.89. The lowest BCUT2D eigenvalue weighted by Gasteiger charge is -2.44. The second kappa shape index (κ2) is 6.89. The number of amides is 2. The van der Waals surface area contributed by atoms with Gasteiger partial charge < -0.3 is 14.5 Å². The van der Waals surface area contributed by atoms with Gasteiger partial charge in [0.15, 0.2) is 0 Å². The van der Waals surface area contributed by atoms with E-state index in [4.69, 9.17) is 4.74 Å². The lowest BCUT2D eigenvalue weighted by Crippen LogP contribution is -2.61. The molecule has 130 valence electrons. The maximum atomic E-state index is 13.1. The molecule has 0 aromatic carbocycles. The maximum Gasteiger partial charge on any atom is 0.256 e. The van der Waals surface area contributed by atoms with E-state index in [9.17, 15) is 9.59 Å². The number of rotatable bonds is 4. The summed E-state index contributed by atoms with van der Waals surface area (Å²) >= 11 is 0. The van der Waals surface area contributed by atoms with Crippen LogP contribution < -0.4 is 0 Å². The molecular weight excluding hydrogens is 306 g/mol. The number of hydrogen-bond acceptors (Lipinski definition) is 4. The maximum absolute atomic E-state index is 13.1. The zero-order chi connectivity index (χ0) is 17.2. The summed E-state index contributed by atoms with van der Waals surface area (Å²) in [4.78, 5) is 34.0. The van der Waals surface area contributed by atoms with Crippen molar-refractivity contribution < 1.29 is 14.3 Å². The summed E-state index contributed by atoms with van der Waals surface area (Å²) in [6.45, 7) is 4.39. The molecule has 2 saturated heterocycles. The molecular formula is C18H25N3O3. The first-order valence-corrected chi connectivity index (χ1v) is 8.61. The first-order chi connectivity index (χ1) is 11.6. The van der Waals surface area contributed by atoms with Crippen LogP contribution in [0, 0.1) is 6.92 Å². The molecule has 0 aliphatic carbocycles. The Kier molecular flexibility index (Phi) is 4.85. The highest BCUT2D eigenvalue weighted by Gasteiger charge is 2.52. The van der Waals surface area contributed by atoms with E-state index in [1.54, 1.807) is 24.3 Å². The molecule has 0 saturated carbocycles. The smallest absolute Gasteiger partial charge is 0.256 e. The van der Waals surface area contributed by atoms with Crippen LogP contribution in [0.15, 0.2) is 18.3 Å². The number of aryl methyl sites for hydroxylation is 1. The number of methoxy groups -OCH3 is 1. The normalized spacial score (nSPS) is 24.0. The Labute approximate surface area is 142 Å². The molecule has 0 N–H and O–H groups in total. The van der Waals surface area contributed by atoms with Crippen LogP contribution in [0.2, 0.25) is 0 Å². The first-order valence-electron chi connectivity index (χ1n) is 8.61.